The molecule has 1 atom stereocenters. The fraction of sp³-hybridized carbons (Fsp3) is 0.478. The van der Waals surface area contributed by atoms with Gasteiger partial charge in [-0.15, -0.1) is 0 Å². The molecule has 0 fully saturated rings. The molecule has 154 valence electrons. The molecule has 0 aliphatic carbocycles. The smallest absolute Gasteiger partial charge is 0.357 e. The molecule has 0 saturated carbocycles. The maximum Gasteiger partial charge on any atom is 0.357 e. The van der Waals surface area contributed by atoms with E-state index < -0.39 is 13.4 Å². The third-order valence-electron chi connectivity index (χ3n) is 4.55. The molecule has 0 aliphatic heterocycles. The highest BCUT2D eigenvalue weighted by Crippen LogP contribution is 2.61. The van der Waals surface area contributed by atoms with Gasteiger partial charge in [0, 0.05) is 5.69 Å². The van der Waals surface area contributed by atoms with E-state index in [0.717, 1.165) is 49.8 Å². The zero-order chi connectivity index (χ0) is 20.1. The van der Waals surface area contributed by atoms with Gasteiger partial charge in [-0.1, -0.05) is 88.1 Å². The normalized spacial score (nSPS) is 12.6. The van der Waals surface area contributed by atoms with Crippen LogP contribution >= 0.6 is 7.60 Å². The predicted octanol–water partition coefficient (Wildman–Crippen LogP) is 7.40. The molecule has 2 aromatic rings. The van der Waals surface area contributed by atoms with Crippen molar-refractivity contribution in [3.05, 3.63) is 66.2 Å². The van der Waals surface area contributed by atoms with E-state index in [2.05, 4.69) is 19.2 Å². The van der Waals surface area contributed by atoms with Crippen LogP contribution in [0.25, 0.3) is 0 Å². The Balaban J connectivity index is 2.25. The quantitative estimate of drug-likeness (QED) is 0.264. The molecule has 0 radical (unpaired) electrons. The Kier molecular flexibility index (Phi) is 10.3. The maximum absolute atomic E-state index is 13.9. The second-order valence-corrected chi connectivity index (χ2v) is 9.06. The average Bonchev–Trinajstić information content (AvgIpc) is 2.74. The summed E-state index contributed by atoms with van der Waals surface area (Å²) in [5.74, 6) is -0.542. The summed E-state index contributed by atoms with van der Waals surface area (Å²) >= 11 is 0. The lowest BCUT2D eigenvalue weighted by atomic mass is 10.2. The van der Waals surface area contributed by atoms with E-state index in [0.29, 0.717) is 13.2 Å². The zero-order valence-corrected chi connectivity index (χ0v) is 18.1. The van der Waals surface area contributed by atoms with Gasteiger partial charge in [-0.25, -0.2) is 0 Å². The Morgan fingerprint density at radius 1 is 0.786 bits per heavy atom. The lowest BCUT2D eigenvalue weighted by Gasteiger charge is -2.29. The summed E-state index contributed by atoms with van der Waals surface area (Å²) in [6, 6.07) is 19.6. The Morgan fingerprint density at radius 2 is 1.29 bits per heavy atom. The Bertz CT molecular complexity index is 678. The van der Waals surface area contributed by atoms with Gasteiger partial charge in [-0.05, 0) is 30.5 Å². The van der Waals surface area contributed by atoms with Crippen molar-refractivity contribution in [3.8, 4) is 0 Å². The van der Waals surface area contributed by atoms with Gasteiger partial charge in [0.25, 0.3) is 0 Å². The van der Waals surface area contributed by atoms with Crippen molar-refractivity contribution < 1.29 is 13.6 Å². The average molecular weight is 404 g/mol. The van der Waals surface area contributed by atoms with Gasteiger partial charge < -0.3 is 14.4 Å². The SMILES string of the molecule is CCCCCOP(=O)(OCCCCC)C(Nc1ccccc1)c1ccccc1. The van der Waals surface area contributed by atoms with Crippen LogP contribution in [-0.2, 0) is 13.6 Å². The van der Waals surface area contributed by atoms with Gasteiger partial charge in [-0.3, -0.25) is 4.57 Å². The first-order valence-corrected chi connectivity index (χ1v) is 12.1. The molecular formula is C23H34NO3P. The van der Waals surface area contributed by atoms with Gasteiger partial charge in [0.2, 0.25) is 0 Å². The van der Waals surface area contributed by atoms with E-state index in [9.17, 15) is 4.57 Å². The van der Waals surface area contributed by atoms with Gasteiger partial charge in [0.1, 0.15) is 0 Å². The van der Waals surface area contributed by atoms with Crippen LogP contribution in [0, 0.1) is 0 Å². The van der Waals surface area contributed by atoms with Crippen molar-refractivity contribution in [2.75, 3.05) is 18.5 Å². The zero-order valence-electron chi connectivity index (χ0n) is 17.2. The number of para-hydroxylation sites is 1. The molecule has 0 bridgehead atoms. The third-order valence-corrected chi connectivity index (χ3v) is 6.69. The van der Waals surface area contributed by atoms with Crippen molar-refractivity contribution in [1.82, 2.24) is 0 Å². The minimum atomic E-state index is -3.41. The molecule has 0 heterocycles. The first-order valence-electron chi connectivity index (χ1n) is 10.4. The Labute approximate surface area is 170 Å². The monoisotopic (exact) mass is 403 g/mol. The van der Waals surface area contributed by atoms with Crippen LogP contribution in [0.2, 0.25) is 0 Å². The number of nitrogens with one attached hydrogen (secondary N) is 1. The third kappa shape index (κ3) is 7.43. The molecule has 28 heavy (non-hydrogen) atoms. The summed E-state index contributed by atoms with van der Waals surface area (Å²) in [5.41, 5.74) is 1.80. The molecule has 1 N–H and O–H groups in total. The molecule has 0 aromatic heterocycles. The van der Waals surface area contributed by atoms with E-state index in [-0.39, 0.29) is 0 Å². The summed E-state index contributed by atoms with van der Waals surface area (Å²) in [4.78, 5) is 0. The number of unbranched alkanes of at least 4 members (excludes halogenated alkanes) is 4. The molecule has 2 rings (SSSR count). The van der Waals surface area contributed by atoms with Crippen molar-refractivity contribution in [1.29, 1.82) is 0 Å². The standard InChI is InChI=1S/C23H34NO3P/c1-3-5-13-19-26-28(25,27-20-14-6-4-2)23(21-15-9-7-10-16-21)24-22-17-11-8-12-18-22/h7-12,15-18,23-24H,3-6,13-14,19-20H2,1-2H3. The second-order valence-electron chi connectivity index (χ2n) is 6.94. The first kappa shape index (κ1) is 22.7. The highest BCUT2D eigenvalue weighted by molar-refractivity contribution is 7.54. The number of hydrogen-bond donors (Lipinski definition) is 1. The minimum Gasteiger partial charge on any atom is -0.368 e. The largest absolute Gasteiger partial charge is 0.368 e. The summed E-state index contributed by atoms with van der Waals surface area (Å²) in [6.07, 6.45) is 6.05. The van der Waals surface area contributed by atoms with Crippen LogP contribution in [0.4, 0.5) is 5.69 Å². The van der Waals surface area contributed by atoms with Crippen LogP contribution < -0.4 is 5.32 Å². The molecular weight excluding hydrogens is 369 g/mol. The van der Waals surface area contributed by atoms with Gasteiger partial charge in [-0.2, -0.15) is 0 Å². The second kappa shape index (κ2) is 12.8. The summed E-state index contributed by atoms with van der Waals surface area (Å²) in [5, 5.41) is 3.40. The fourth-order valence-corrected chi connectivity index (χ4v) is 4.93. The maximum atomic E-state index is 13.9. The van der Waals surface area contributed by atoms with Gasteiger partial charge in [0.15, 0.2) is 5.78 Å². The predicted molar refractivity (Wildman–Crippen MR) is 118 cm³/mol. The molecule has 2 aromatic carbocycles. The lowest BCUT2D eigenvalue weighted by Crippen LogP contribution is -2.16. The van der Waals surface area contributed by atoms with Crippen LogP contribution in [0.15, 0.2) is 60.7 Å². The highest BCUT2D eigenvalue weighted by atomic mass is 31.2. The lowest BCUT2D eigenvalue weighted by molar-refractivity contribution is 0.193. The molecule has 5 heteroatoms. The van der Waals surface area contributed by atoms with Crippen molar-refractivity contribution in [2.24, 2.45) is 0 Å². The number of hydrogen-bond acceptors (Lipinski definition) is 4. The molecule has 0 spiro atoms. The van der Waals surface area contributed by atoms with Crippen LogP contribution in [0.3, 0.4) is 0 Å². The molecule has 4 nitrogen and oxygen atoms in total. The van der Waals surface area contributed by atoms with Crippen molar-refractivity contribution in [3.63, 3.8) is 0 Å². The first-order chi connectivity index (χ1) is 13.7. The topological polar surface area (TPSA) is 47.6 Å². The number of anilines is 1. The molecule has 0 amide bonds. The van der Waals surface area contributed by atoms with Gasteiger partial charge in [0.05, 0.1) is 13.2 Å². The highest BCUT2D eigenvalue weighted by Gasteiger charge is 2.37. The summed E-state index contributed by atoms with van der Waals surface area (Å²) in [6.45, 7) is 5.17. The van der Waals surface area contributed by atoms with E-state index in [1.807, 2.05) is 60.7 Å². The molecule has 0 saturated heterocycles. The van der Waals surface area contributed by atoms with Crippen LogP contribution in [0.5, 0.6) is 0 Å². The van der Waals surface area contributed by atoms with E-state index in [1.54, 1.807) is 0 Å². The minimum absolute atomic E-state index is 0.443. The van der Waals surface area contributed by atoms with Crippen molar-refractivity contribution in [2.45, 2.75) is 58.2 Å². The Morgan fingerprint density at radius 3 is 1.79 bits per heavy atom. The summed E-state index contributed by atoms with van der Waals surface area (Å²) < 4.78 is 25.9. The molecule has 1 unspecified atom stereocenters. The number of benzene rings is 2. The molecule has 0 aliphatic rings. The Hall–Kier alpha value is -1.61. The number of rotatable bonds is 14. The fourth-order valence-electron chi connectivity index (χ4n) is 2.95. The van der Waals surface area contributed by atoms with Crippen molar-refractivity contribution >= 4 is 13.3 Å². The van der Waals surface area contributed by atoms with E-state index >= 15 is 0 Å². The van der Waals surface area contributed by atoms with E-state index in [4.69, 9.17) is 9.05 Å². The van der Waals surface area contributed by atoms with Crippen LogP contribution in [-0.4, -0.2) is 13.2 Å². The van der Waals surface area contributed by atoms with Crippen LogP contribution in [0.1, 0.15) is 63.7 Å². The van der Waals surface area contributed by atoms with E-state index in [1.165, 1.54) is 0 Å². The summed E-state index contributed by atoms with van der Waals surface area (Å²) in [7, 11) is -3.41. The van der Waals surface area contributed by atoms with Gasteiger partial charge >= 0.3 is 7.60 Å².